The lowest BCUT2D eigenvalue weighted by Gasteiger charge is -2.16. The summed E-state index contributed by atoms with van der Waals surface area (Å²) in [7, 11) is 0. The van der Waals surface area contributed by atoms with Gasteiger partial charge in [-0.1, -0.05) is 0 Å². The van der Waals surface area contributed by atoms with Crippen molar-refractivity contribution in [3.8, 4) is 0 Å². The fraction of sp³-hybridized carbons (Fsp3) is 0.562. The third-order valence-corrected chi connectivity index (χ3v) is 4.64. The Morgan fingerprint density at radius 1 is 1.38 bits per heavy atom. The van der Waals surface area contributed by atoms with Gasteiger partial charge in [-0.2, -0.15) is 0 Å². The van der Waals surface area contributed by atoms with E-state index >= 15 is 0 Å². The number of aryl methyl sites for hydroxylation is 1. The van der Waals surface area contributed by atoms with Crippen LogP contribution in [0, 0.1) is 0 Å². The molecule has 0 N–H and O–H groups in total. The Labute approximate surface area is 134 Å². The molecule has 21 heavy (non-hydrogen) atoms. The molecule has 0 bridgehead atoms. The molecule has 0 saturated carbocycles. The van der Waals surface area contributed by atoms with Crippen molar-refractivity contribution in [3.63, 3.8) is 0 Å². The van der Waals surface area contributed by atoms with Gasteiger partial charge in [-0.15, -0.1) is 0 Å². The number of carboxylic acids is 1. The van der Waals surface area contributed by atoms with E-state index in [2.05, 4.69) is 53.5 Å². The number of carbonyl (C=O) groups is 1. The predicted octanol–water partition coefficient (Wildman–Crippen LogP) is 2.43. The zero-order valence-corrected chi connectivity index (χ0v) is 14.4. The topological polar surface area (TPSA) is 56.4 Å². The fourth-order valence-corrected chi connectivity index (χ4v) is 3.06. The molecule has 1 aliphatic rings. The molecule has 0 radical (unpaired) electrons. The number of hydrogen-bond acceptors (Lipinski definition) is 3. The second kappa shape index (κ2) is 6.26. The summed E-state index contributed by atoms with van der Waals surface area (Å²) in [6.45, 7) is 7.29. The Bertz CT molecular complexity index is 594. The van der Waals surface area contributed by atoms with Gasteiger partial charge in [-0.3, -0.25) is 0 Å². The molecule has 0 fully saturated rings. The summed E-state index contributed by atoms with van der Waals surface area (Å²) in [5.41, 5.74) is 2.33. The Morgan fingerprint density at radius 3 is 2.76 bits per heavy atom. The number of aliphatic carboxylic acids is 1. The highest BCUT2D eigenvalue weighted by Gasteiger charge is 2.41. The van der Waals surface area contributed by atoms with Crippen LogP contribution in [0.2, 0.25) is 0 Å². The van der Waals surface area contributed by atoms with Crippen LogP contribution >= 0.6 is 15.9 Å². The van der Waals surface area contributed by atoms with Crippen molar-refractivity contribution in [3.05, 3.63) is 22.3 Å². The third kappa shape index (κ3) is 3.51. The first-order chi connectivity index (χ1) is 9.82. The number of fused-ring (bicyclic) bond motifs is 1. The first-order valence-corrected chi connectivity index (χ1v) is 8.11. The van der Waals surface area contributed by atoms with Gasteiger partial charge in [0.15, 0.2) is 0 Å². The monoisotopic (exact) mass is 352 g/mol. The molecule has 114 valence electrons. The maximum atomic E-state index is 10.4. The van der Waals surface area contributed by atoms with Crippen LogP contribution in [-0.4, -0.2) is 11.7 Å². The summed E-state index contributed by atoms with van der Waals surface area (Å²) >= 11 is 3.57. The lowest BCUT2D eigenvalue weighted by molar-refractivity contribution is -0.685. The van der Waals surface area contributed by atoms with E-state index in [1.165, 1.54) is 5.56 Å². The molecule has 5 heteroatoms. The zero-order chi connectivity index (χ0) is 15.6. The Hall–Kier alpha value is -1.23. The van der Waals surface area contributed by atoms with Crippen LogP contribution in [0.25, 0.3) is 0 Å². The highest BCUT2D eigenvalue weighted by Crippen LogP contribution is 2.38. The fourth-order valence-electron chi connectivity index (χ4n) is 2.58. The molecule has 0 saturated heterocycles. The summed E-state index contributed by atoms with van der Waals surface area (Å²) < 4.78 is 3.21. The lowest BCUT2D eigenvalue weighted by atomic mass is 9.83. The molecule has 0 spiro atoms. The molecule has 4 nitrogen and oxygen atoms in total. The van der Waals surface area contributed by atoms with E-state index in [-0.39, 0.29) is 11.8 Å². The van der Waals surface area contributed by atoms with Crippen LogP contribution < -0.4 is 9.67 Å². The molecule has 0 unspecified atom stereocenters. The van der Waals surface area contributed by atoms with Gasteiger partial charge in [0, 0.05) is 5.97 Å². The van der Waals surface area contributed by atoms with Gasteiger partial charge < -0.3 is 9.90 Å². The average Bonchev–Trinajstić information content (AvgIpc) is 2.61. The number of aliphatic imine (C=N–C) groups is 1. The third-order valence-electron chi connectivity index (χ3n) is 4.21. The minimum Gasteiger partial charge on any atom is -0.550 e. The van der Waals surface area contributed by atoms with Gasteiger partial charge in [0.1, 0.15) is 11.9 Å². The van der Waals surface area contributed by atoms with E-state index in [4.69, 9.17) is 4.99 Å². The molecule has 2 heterocycles. The number of carboxylic acid groups (broad SMARTS) is 1. The van der Waals surface area contributed by atoms with Crippen LogP contribution in [0.4, 0.5) is 5.82 Å². The van der Waals surface area contributed by atoms with E-state index in [0.29, 0.717) is 6.42 Å². The quantitative estimate of drug-likeness (QED) is 0.583. The number of carbonyl (C=O) groups excluding carboxylic acids is 1. The smallest absolute Gasteiger partial charge is 0.327 e. The maximum absolute atomic E-state index is 10.4. The van der Waals surface area contributed by atoms with Gasteiger partial charge in [-0.25, -0.2) is 4.57 Å². The number of pyridine rings is 1. The Balaban J connectivity index is 2.10. The lowest BCUT2D eigenvalue weighted by Crippen LogP contribution is -2.35. The average molecular weight is 353 g/mol. The zero-order valence-electron chi connectivity index (χ0n) is 12.8. The summed E-state index contributed by atoms with van der Waals surface area (Å²) in [5, 5.41) is 10.4. The van der Waals surface area contributed by atoms with E-state index in [0.717, 1.165) is 35.4 Å². The number of unbranched alkanes of at least 4 members (excludes halogenated alkanes) is 2. The number of halogens is 1. The molecule has 1 aromatic heterocycles. The first-order valence-electron chi connectivity index (χ1n) is 7.31. The molecule has 1 aromatic rings. The number of nitrogens with zero attached hydrogens (tertiary/aromatic N) is 2. The van der Waals surface area contributed by atoms with Crippen molar-refractivity contribution in [2.75, 3.05) is 0 Å². The van der Waals surface area contributed by atoms with Crippen LogP contribution in [0.15, 0.2) is 21.7 Å². The van der Waals surface area contributed by atoms with Crippen LogP contribution in [0.3, 0.4) is 0 Å². The van der Waals surface area contributed by atoms with E-state index < -0.39 is 5.97 Å². The predicted molar refractivity (Wildman–Crippen MR) is 83.6 cm³/mol. The summed E-state index contributed by atoms with van der Waals surface area (Å²) in [6.07, 6.45) is 4.69. The molecule has 2 rings (SSSR count). The van der Waals surface area contributed by atoms with Crippen LogP contribution in [0.5, 0.6) is 0 Å². The van der Waals surface area contributed by atoms with Crippen molar-refractivity contribution in [2.45, 2.75) is 58.4 Å². The van der Waals surface area contributed by atoms with Gasteiger partial charge in [0.25, 0.3) is 0 Å². The van der Waals surface area contributed by atoms with E-state index in [1.54, 1.807) is 0 Å². The normalized spacial score (nSPS) is 15.7. The number of aromatic nitrogens is 1. The summed E-state index contributed by atoms with van der Waals surface area (Å²) in [4.78, 5) is 15.1. The Kier molecular flexibility index (Phi) is 4.81. The highest BCUT2D eigenvalue weighted by atomic mass is 79.9. The number of rotatable bonds is 6. The largest absolute Gasteiger partial charge is 0.550 e. The standard InChI is InChI=1S/C16H21BrN2O2/c1-11-16(2,3)13-9-12(17)10-19(15(13)18-11)8-6-4-5-7-14(20)21/h9-10H,4-8H2,1-3H3. The minimum absolute atomic E-state index is 0.0319. The van der Waals surface area contributed by atoms with Crippen molar-refractivity contribution < 1.29 is 14.5 Å². The maximum Gasteiger partial charge on any atom is 0.327 e. The van der Waals surface area contributed by atoms with Crippen molar-refractivity contribution in [1.29, 1.82) is 0 Å². The molecule has 1 aliphatic heterocycles. The highest BCUT2D eigenvalue weighted by molar-refractivity contribution is 9.10. The molecule has 0 aromatic carbocycles. The molecular formula is C16H21BrN2O2. The van der Waals surface area contributed by atoms with Gasteiger partial charge in [-0.05, 0) is 73.4 Å². The van der Waals surface area contributed by atoms with Gasteiger partial charge >= 0.3 is 5.82 Å². The van der Waals surface area contributed by atoms with Crippen molar-refractivity contribution in [1.82, 2.24) is 0 Å². The van der Waals surface area contributed by atoms with E-state index in [9.17, 15) is 9.90 Å². The van der Waals surface area contributed by atoms with E-state index in [1.807, 2.05) is 0 Å². The first kappa shape index (κ1) is 16.1. The van der Waals surface area contributed by atoms with Gasteiger partial charge in [0.05, 0.1) is 22.0 Å². The molecule has 0 aliphatic carbocycles. The SMILES string of the molecule is CC1=Nc2c(cc(Br)c[n+]2CCCCCC(=O)[O-])C1(C)C. The molecule has 0 amide bonds. The van der Waals surface area contributed by atoms with Gasteiger partial charge in [0.2, 0.25) is 0 Å². The van der Waals surface area contributed by atoms with Crippen LogP contribution in [0.1, 0.15) is 52.0 Å². The second-order valence-corrected chi connectivity index (χ2v) is 7.01. The van der Waals surface area contributed by atoms with Crippen molar-refractivity contribution >= 4 is 33.4 Å². The summed E-state index contributed by atoms with van der Waals surface area (Å²) in [6, 6.07) is 2.14. The molecule has 0 atom stereocenters. The number of hydrogen-bond donors (Lipinski definition) is 0. The van der Waals surface area contributed by atoms with Crippen molar-refractivity contribution in [2.24, 2.45) is 4.99 Å². The second-order valence-electron chi connectivity index (χ2n) is 6.09. The summed E-state index contributed by atoms with van der Waals surface area (Å²) in [5.74, 6) is 0.0635. The minimum atomic E-state index is -0.965. The Morgan fingerprint density at radius 2 is 2.10 bits per heavy atom. The van der Waals surface area contributed by atoms with Crippen LogP contribution in [-0.2, 0) is 16.8 Å². The molecular weight excluding hydrogens is 332 g/mol.